The van der Waals surface area contributed by atoms with Crippen LogP contribution in [0.1, 0.15) is 11.1 Å². The number of aliphatic hydroxyl groups is 1. The molecule has 6 nitrogen and oxygen atoms in total. The number of carboxylic acid groups (broad SMARTS) is 1. The second kappa shape index (κ2) is 6.52. The molecule has 0 fully saturated rings. The lowest BCUT2D eigenvalue weighted by molar-refractivity contribution is -0.131. The van der Waals surface area contributed by atoms with Gasteiger partial charge in [0.15, 0.2) is 11.5 Å². The number of ether oxygens (including phenoxy) is 2. The number of benzene rings is 2. The van der Waals surface area contributed by atoms with Crippen molar-refractivity contribution in [3.8, 4) is 5.75 Å². The van der Waals surface area contributed by atoms with Gasteiger partial charge in [-0.3, -0.25) is 0 Å². The Hall–Kier alpha value is -3.54. The Morgan fingerprint density at radius 1 is 1.04 bits per heavy atom. The highest BCUT2D eigenvalue weighted by atomic mass is 16.6. The quantitative estimate of drug-likeness (QED) is 0.657. The third-order valence-electron chi connectivity index (χ3n) is 3.73. The molecule has 126 valence electrons. The maximum atomic E-state index is 12.2. The van der Waals surface area contributed by atoms with Gasteiger partial charge in [0.1, 0.15) is 16.9 Å². The first-order chi connectivity index (χ1) is 12.0. The summed E-state index contributed by atoms with van der Waals surface area (Å²) in [4.78, 5) is 23.9. The van der Waals surface area contributed by atoms with Gasteiger partial charge in [-0.15, -0.1) is 0 Å². The Morgan fingerprint density at radius 2 is 1.68 bits per heavy atom. The summed E-state index contributed by atoms with van der Waals surface area (Å²) in [5, 5.41) is 20.0. The van der Waals surface area contributed by atoms with Crippen molar-refractivity contribution in [2.45, 2.75) is 0 Å². The predicted molar refractivity (Wildman–Crippen MR) is 89.6 cm³/mol. The number of aliphatic carboxylic acids is 1. The second-order valence-corrected chi connectivity index (χ2v) is 5.22. The van der Waals surface area contributed by atoms with Crippen LogP contribution in [0.15, 0.2) is 66.1 Å². The third kappa shape index (κ3) is 2.97. The van der Waals surface area contributed by atoms with Gasteiger partial charge in [0, 0.05) is 0 Å². The molecule has 0 radical (unpaired) electrons. The van der Waals surface area contributed by atoms with E-state index in [-0.39, 0.29) is 22.5 Å². The maximum Gasteiger partial charge on any atom is 0.348 e. The SMILES string of the molecule is COc1ccc(C(C(=O)O)=C2OC(=O)C(c3ccccc3)=C2O)cc1. The summed E-state index contributed by atoms with van der Waals surface area (Å²) >= 11 is 0. The monoisotopic (exact) mass is 338 g/mol. The Morgan fingerprint density at radius 3 is 2.24 bits per heavy atom. The summed E-state index contributed by atoms with van der Waals surface area (Å²) in [6.45, 7) is 0. The van der Waals surface area contributed by atoms with Crippen molar-refractivity contribution in [2.75, 3.05) is 7.11 Å². The first-order valence-electron chi connectivity index (χ1n) is 7.36. The number of rotatable bonds is 4. The summed E-state index contributed by atoms with van der Waals surface area (Å²) in [6, 6.07) is 14.6. The highest BCUT2D eigenvalue weighted by Crippen LogP contribution is 2.36. The molecule has 1 aliphatic rings. The van der Waals surface area contributed by atoms with E-state index in [1.807, 2.05) is 0 Å². The van der Waals surface area contributed by atoms with Crippen molar-refractivity contribution in [2.24, 2.45) is 0 Å². The molecule has 0 aromatic heterocycles. The highest BCUT2D eigenvalue weighted by Gasteiger charge is 2.35. The molecule has 0 amide bonds. The molecule has 0 saturated carbocycles. The highest BCUT2D eigenvalue weighted by molar-refractivity contribution is 6.25. The number of carbonyl (C=O) groups excluding carboxylic acids is 1. The van der Waals surface area contributed by atoms with E-state index >= 15 is 0 Å². The summed E-state index contributed by atoms with van der Waals surface area (Å²) in [7, 11) is 1.49. The van der Waals surface area contributed by atoms with Crippen molar-refractivity contribution in [3.63, 3.8) is 0 Å². The van der Waals surface area contributed by atoms with Crippen LogP contribution in [-0.4, -0.2) is 29.3 Å². The molecular weight excluding hydrogens is 324 g/mol. The molecule has 0 atom stereocenters. The second-order valence-electron chi connectivity index (χ2n) is 5.22. The number of hydrogen-bond acceptors (Lipinski definition) is 5. The van der Waals surface area contributed by atoms with Crippen molar-refractivity contribution < 1.29 is 29.3 Å². The van der Waals surface area contributed by atoms with Gasteiger partial charge in [0.05, 0.1) is 7.11 Å². The summed E-state index contributed by atoms with van der Waals surface area (Å²) in [5.74, 6) is -2.45. The number of carboxylic acids is 1. The minimum Gasteiger partial charge on any atom is -0.504 e. The predicted octanol–water partition coefficient (Wildman–Crippen LogP) is 3.02. The zero-order chi connectivity index (χ0) is 18.0. The van der Waals surface area contributed by atoms with Crippen molar-refractivity contribution >= 4 is 23.1 Å². The van der Waals surface area contributed by atoms with Crippen molar-refractivity contribution in [1.82, 2.24) is 0 Å². The molecule has 1 heterocycles. The standard InChI is InChI=1S/C19H14O6/c1-24-13-9-7-12(8-10-13)15(18(21)22)17-16(20)14(19(23)25-17)11-5-3-2-4-6-11/h2-10,20H,1H3,(H,21,22). The fourth-order valence-electron chi connectivity index (χ4n) is 2.54. The Kier molecular flexibility index (Phi) is 4.26. The van der Waals surface area contributed by atoms with E-state index in [9.17, 15) is 19.8 Å². The lowest BCUT2D eigenvalue weighted by Crippen LogP contribution is -2.06. The Labute approximate surface area is 143 Å². The first-order valence-corrected chi connectivity index (χ1v) is 7.36. The molecule has 2 aromatic rings. The van der Waals surface area contributed by atoms with Crippen LogP contribution in [0.3, 0.4) is 0 Å². The molecular formula is C19H14O6. The van der Waals surface area contributed by atoms with Crippen LogP contribution in [0.2, 0.25) is 0 Å². The van der Waals surface area contributed by atoms with E-state index in [1.165, 1.54) is 19.2 Å². The van der Waals surface area contributed by atoms with Crippen LogP contribution < -0.4 is 4.74 Å². The third-order valence-corrected chi connectivity index (χ3v) is 3.73. The van der Waals surface area contributed by atoms with Crippen LogP contribution in [0.5, 0.6) is 5.75 Å². The van der Waals surface area contributed by atoms with E-state index < -0.39 is 17.7 Å². The van der Waals surface area contributed by atoms with Crippen molar-refractivity contribution in [1.29, 1.82) is 0 Å². The van der Waals surface area contributed by atoms with Gasteiger partial charge >= 0.3 is 11.9 Å². The van der Waals surface area contributed by atoms with Gasteiger partial charge in [-0.2, -0.15) is 0 Å². The molecule has 1 aliphatic heterocycles. The smallest absolute Gasteiger partial charge is 0.348 e. The molecule has 0 spiro atoms. The molecule has 0 aliphatic carbocycles. The molecule has 0 bridgehead atoms. The number of hydrogen-bond donors (Lipinski definition) is 2. The summed E-state index contributed by atoms with van der Waals surface area (Å²) in [5.41, 5.74) is 0.346. The molecule has 2 N–H and O–H groups in total. The van der Waals surface area contributed by atoms with Gasteiger partial charge in [0.25, 0.3) is 0 Å². The van der Waals surface area contributed by atoms with Crippen LogP contribution >= 0.6 is 0 Å². The van der Waals surface area contributed by atoms with Crippen LogP contribution in [0.4, 0.5) is 0 Å². The molecule has 25 heavy (non-hydrogen) atoms. The first kappa shape index (κ1) is 16.3. The average Bonchev–Trinajstić information content (AvgIpc) is 2.90. The summed E-state index contributed by atoms with van der Waals surface area (Å²) < 4.78 is 10.1. The van der Waals surface area contributed by atoms with E-state index in [1.54, 1.807) is 42.5 Å². The van der Waals surface area contributed by atoms with Crippen LogP contribution in [0.25, 0.3) is 11.1 Å². The van der Waals surface area contributed by atoms with Gasteiger partial charge < -0.3 is 19.7 Å². The topological polar surface area (TPSA) is 93.1 Å². The zero-order valence-corrected chi connectivity index (χ0v) is 13.2. The van der Waals surface area contributed by atoms with Gasteiger partial charge in [-0.05, 0) is 23.3 Å². The van der Waals surface area contributed by atoms with E-state index in [0.717, 1.165) is 0 Å². The maximum absolute atomic E-state index is 12.2. The fraction of sp³-hybridized carbons (Fsp3) is 0.0526. The van der Waals surface area contributed by atoms with Crippen LogP contribution in [0, 0.1) is 0 Å². The van der Waals surface area contributed by atoms with Gasteiger partial charge in [-0.25, -0.2) is 9.59 Å². The van der Waals surface area contributed by atoms with E-state index in [4.69, 9.17) is 9.47 Å². The van der Waals surface area contributed by atoms with E-state index in [2.05, 4.69) is 0 Å². The minimum atomic E-state index is -1.33. The number of carbonyl (C=O) groups is 2. The number of esters is 1. The lowest BCUT2D eigenvalue weighted by Gasteiger charge is -2.08. The summed E-state index contributed by atoms with van der Waals surface area (Å²) in [6.07, 6.45) is 0. The number of methoxy groups -OCH3 is 1. The molecule has 6 heteroatoms. The molecule has 0 unspecified atom stereocenters. The Balaban J connectivity index is 2.16. The normalized spacial score (nSPS) is 15.8. The van der Waals surface area contributed by atoms with E-state index in [0.29, 0.717) is 11.3 Å². The largest absolute Gasteiger partial charge is 0.504 e. The molecule has 0 saturated heterocycles. The average molecular weight is 338 g/mol. The minimum absolute atomic E-state index is 0.0668. The van der Waals surface area contributed by atoms with Crippen LogP contribution in [-0.2, 0) is 14.3 Å². The molecule has 2 aromatic carbocycles. The van der Waals surface area contributed by atoms with Crippen molar-refractivity contribution in [3.05, 3.63) is 77.2 Å². The fourth-order valence-corrected chi connectivity index (χ4v) is 2.54. The molecule has 3 rings (SSSR count). The van der Waals surface area contributed by atoms with Gasteiger partial charge in [-0.1, -0.05) is 42.5 Å². The number of cyclic esters (lactones) is 1. The zero-order valence-electron chi connectivity index (χ0n) is 13.2. The van der Waals surface area contributed by atoms with Gasteiger partial charge in [0.2, 0.25) is 0 Å². The Bertz CT molecular complexity index is 891. The lowest BCUT2D eigenvalue weighted by atomic mass is 10.0. The number of aliphatic hydroxyl groups excluding tert-OH is 1.